The molecule has 0 aromatic heterocycles. The Balaban J connectivity index is 2.42. The van der Waals surface area contributed by atoms with E-state index in [9.17, 15) is 0 Å². The minimum absolute atomic E-state index is 0.296. The quantitative estimate of drug-likeness (QED) is 0.421. The third-order valence-corrected chi connectivity index (χ3v) is 2.61. The standard InChI is InChI=1S/C12H23N3O/c1-4-8-14-12(13-5-2)15-10(3)11-7-6-9-16-11/h4,10-11H,1,5-9H2,2-3H3,(H2,13,14,15). The van der Waals surface area contributed by atoms with E-state index in [0.717, 1.165) is 32.0 Å². The van der Waals surface area contributed by atoms with E-state index in [4.69, 9.17) is 4.74 Å². The molecule has 0 bridgehead atoms. The fourth-order valence-electron chi connectivity index (χ4n) is 1.78. The molecule has 0 amide bonds. The molecule has 0 aromatic carbocycles. The van der Waals surface area contributed by atoms with Crippen LogP contribution in [-0.2, 0) is 4.74 Å². The van der Waals surface area contributed by atoms with Crippen molar-refractivity contribution in [1.82, 2.24) is 10.6 Å². The Labute approximate surface area is 98.2 Å². The molecule has 0 radical (unpaired) electrons. The second kappa shape index (κ2) is 7.28. The lowest BCUT2D eigenvalue weighted by Gasteiger charge is -2.22. The molecule has 2 unspecified atom stereocenters. The van der Waals surface area contributed by atoms with E-state index in [1.807, 2.05) is 0 Å². The van der Waals surface area contributed by atoms with Crippen LogP contribution in [0.1, 0.15) is 26.7 Å². The molecule has 2 N–H and O–H groups in total. The average Bonchev–Trinajstić information content (AvgIpc) is 2.79. The molecule has 2 atom stereocenters. The average molecular weight is 225 g/mol. The van der Waals surface area contributed by atoms with Crippen molar-refractivity contribution >= 4 is 5.96 Å². The topological polar surface area (TPSA) is 45.7 Å². The summed E-state index contributed by atoms with van der Waals surface area (Å²) in [6, 6.07) is 0.296. The highest BCUT2D eigenvalue weighted by atomic mass is 16.5. The Bertz CT molecular complexity index is 234. The number of guanidine groups is 1. The van der Waals surface area contributed by atoms with Gasteiger partial charge in [0, 0.05) is 13.2 Å². The fourth-order valence-corrected chi connectivity index (χ4v) is 1.78. The van der Waals surface area contributed by atoms with Crippen molar-refractivity contribution in [2.24, 2.45) is 4.99 Å². The van der Waals surface area contributed by atoms with Crippen molar-refractivity contribution in [3.63, 3.8) is 0 Å². The van der Waals surface area contributed by atoms with Crippen molar-refractivity contribution < 1.29 is 4.74 Å². The van der Waals surface area contributed by atoms with Crippen LogP contribution in [0.4, 0.5) is 0 Å². The van der Waals surface area contributed by atoms with E-state index in [1.165, 1.54) is 0 Å². The van der Waals surface area contributed by atoms with Gasteiger partial charge < -0.3 is 15.4 Å². The highest BCUT2D eigenvalue weighted by molar-refractivity contribution is 5.80. The first-order valence-corrected chi connectivity index (χ1v) is 6.05. The molecule has 16 heavy (non-hydrogen) atoms. The molecule has 1 saturated heterocycles. The first kappa shape index (κ1) is 13.0. The van der Waals surface area contributed by atoms with Crippen LogP contribution in [0.5, 0.6) is 0 Å². The Morgan fingerprint density at radius 1 is 1.69 bits per heavy atom. The van der Waals surface area contributed by atoms with Gasteiger partial charge in [0.25, 0.3) is 0 Å². The fraction of sp³-hybridized carbons (Fsp3) is 0.750. The molecule has 0 aliphatic carbocycles. The first-order chi connectivity index (χ1) is 7.77. The van der Waals surface area contributed by atoms with Gasteiger partial charge in [-0.25, -0.2) is 4.99 Å². The summed E-state index contributed by atoms with van der Waals surface area (Å²) >= 11 is 0. The normalized spacial score (nSPS) is 22.9. The summed E-state index contributed by atoms with van der Waals surface area (Å²) < 4.78 is 5.63. The van der Waals surface area contributed by atoms with Crippen molar-refractivity contribution in [2.75, 3.05) is 19.7 Å². The largest absolute Gasteiger partial charge is 0.376 e. The van der Waals surface area contributed by atoms with Crippen molar-refractivity contribution in [3.05, 3.63) is 12.7 Å². The van der Waals surface area contributed by atoms with E-state index in [1.54, 1.807) is 6.08 Å². The summed E-state index contributed by atoms with van der Waals surface area (Å²) in [5.41, 5.74) is 0. The van der Waals surface area contributed by atoms with Crippen LogP contribution in [-0.4, -0.2) is 37.8 Å². The van der Waals surface area contributed by atoms with E-state index in [2.05, 4.69) is 36.1 Å². The summed E-state index contributed by atoms with van der Waals surface area (Å²) in [6.07, 6.45) is 4.40. The molecular weight excluding hydrogens is 202 g/mol. The lowest BCUT2D eigenvalue weighted by atomic mass is 10.1. The van der Waals surface area contributed by atoms with Crippen LogP contribution >= 0.6 is 0 Å². The Hall–Kier alpha value is -1.03. The molecule has 0 saturated carbocycles. The van der Waals surface area contributed by atoms with Crippen LogP contribution in [0.3, 0.4) is 0 Å². The molecule has 1 aliphatic heterocycles. The number of ether oxygens (including phenoxy) is 1. The SMILES string of the molecule is C=CCN=C(NCC)NC(C)C1CCCO1. The number of aliphatic imine (C=N–C) groups is 1. The summed E-state index contributed by atoms with van der Waals surface area (Å²) in [5, 5.41) is 6.57. The van der Waals surface area contributed by atoms with Crippen LogP contribution < -0.4 is 10.6 Å². The maximum absolute atomic E-state index is 5.63. The van der Waals surface area contributed by atoms with Gasteiger partial charge in [-0.15, -0.1) is 6.58 Å². The van der Waals surface area contributed by atoms with Gasteiger partial charge in [0.1, 0.15) is 0 Å². The number of hydrogen-bond donors (Lipinski definition) is 2. The highest BCUT2D eigenvalue weighted by Gasteiger charge is 2.22. The number of nitrogens with one attached hydrogen (secondary N) is 2. The van der Waals surface area contributed by atoms with Crippen LogP contribution in [0, 0.1) is 0 Å². The van der Waals surface area contributed by atoms with Crippen molar-refractivity contribution in [1.29, 1.82) is 0 Å². The van der Waals surface area contributed by atoms with Crippen molar-refractivity contribution in [2.45, 2.75) is 38.8 Å². The first-order valence-electron chi connectivity index (χ1n) is 6.05. The minimum Gasteiger partial charge on any atom is -0.376 e. The zero-order chi connectivity index (χ0) is 11.8. The number of rotatable bonds is 5. The summed E-state index contributed by atoms with van der Waals surface area (Å²) in [5.74, 6) is 0.838. The van der Waals surface area contributed by atoms with E-state index >= 15 is 0 Å². The summed E-state index contributed by atoms with van der Waals surface area (Å²) in [7, 11) is 0. The number of nitrogens with zero attached hydrogens (tertiary/aromatic N) is 1. The van der Waals surface area contributed by atoms with Crippen LogP contribution in [0.15, 0.2) is 17.6 Å². The van der Waals surface area contributed by atoms with Gasteiger partial charge in [-0.1, -0.05) is 6.08 Å². The predicted molar refractivity (Wildman–Crippen MR) is 67.7 cm³/mol. The lowest BCUT2D eigenvalue weighted by Crippen LogP contribution is -2.47. The molecule has 1 aliphatic rings. The molecular formula is C12H23N3O. The zero-order valence-electron chi connectivity index (χ0n) is 10.3. The Morgan fingerprint density at radius 3 is 3.06 bits per heavy atom. The molecule has 92 valence electrons. The zero-order valence-corrected chi connectivity index (χ0v) is 10.3. The van der Waals surface area contributed by atoms with Gasteiger partial charge in [0.15, 0.2) is 5.96 Å². The van der Waals surface area contributed by atoms with Gasteiger partial charge in [-0.05, 0) is 26.7 Å². The third kappa shape index (κ3) is 4.23. The third-order valence-electron chi connectivity index (χ3n) is 2.61. The summed E-state index contributed by atoms with van der Waals surface area (Å²) in [4.78, 5) is 4.36. The highest BCUT2D eigenvalue weighted by Crippen LogP contribution is 2.15. The van der Waals surface area contributed by atoms with E-state index in [-0.39, 0.29) is 0 Å². The Morgan fingerprint density at radius 2 is 2.50 bits per heavy atom. The maximum Gasteiger partial charge on any atom is 0.191 e. The molecule has 1 heterocycles. The molecule has 1 rings (SSSR count). The van der Waals surface area contributed by atoms with Gasteiger partial charge >= 0.3 is 0 Å². The molecule has 0 aromatic rings. The van der Waals surface area contributed by atoms with Gasteiger partial charge in [-0.3, -0.25) is 0 Å². The van der Waals surface area contributed by atoms with E-state index in [0.29, 0.717) is 18.7 Å². The lowest BCUT2D eigenvalue weighted by molar-refractivity contribution is 0.0890. The van der Waals surface area contributed by atoms with Gasteiger partial charge in [-0.2, -0.15) is 0 Å². The molecule has 4 heteroatoms. The molecule has 4 nitrogen and oxygen atoms in total. The molecule has 0 spiro atoms. The predicted octanol–water partition coefficient (Wildman–Crippen LogP) is 1.29. The van der Waals surface area contributed by atoms with Crippen LogP contribution in [0.2, 0.25) is 0 Å². The van der Waals surface area contributed by atoms with Gasteiger partial charge in [0.2, 0.25) is 0 Å². The molecule has 1 fully saturated rings. The maximum atomic E-state index is 5.63. The monoisotopic (exact) mass is 225 g/mol. The number of hydrogen-bond acceptors (Lipinski definition) is 2. The van der Waals surface area contributed by atoms with Crippen molar-refractivity contribution in [3.8, 4) is 0 Å². The van der Waals surface area contributed by atoms with E-state index < -0.39 is 0 Å². The second-order valence-corrected chi connectivity index (χ2v) is 3.99. The Kier molecular flexibility index (Phi) is 5.93. The van der Waals surface area contributed by atoms with Gasteiger partial charge in [0.05, 0.1) is 18.7 Å². The summed E-state index contributed by atoms with van der Waals surface area (Å²) in [6.45, 7) is 10.2. The second-order valence-electron chi connectivity index (χ2n) is 3.99. The van der Waals surface area contributed by atoms with Crippen LogP contribution in [0.25, 0.3) is 0 Å². The smallest absolute Gasteiger partial charge is 0.191 e. The minimum atomic E-state index is 0.296.